The van der Waals surface area contributed by atoms with Crippen molar-refractivity contribution in [2.45, 2.75) is 13.0 Å². The van der Waals surface area contributed by atoms with Crippen molar-refractivity contribution in [1.29, 1.82) is 0 Å². The van der Waals surface area contributed by atoms with Crippen molar-refractivity contribution in [2.75, 3.05) is 26.1 Å². The molecule has 0 saturated heterocycles. The highest BCUT2D eigenvalue weighted by Gasteiger charge is 2.08. The molecule has 2 aromatic carbocycles. The summed E-state index contributed by atoms with van der Waals surface area (Å²) in [7, 11) is 3.26. The van der Waals surface area contributed by atoms with Crippen LogP contribution in [0, 0.1) is 0 Å². The minimum Gasteiger partial charge on any atom is -0.497 e. The molecule has 0 saturated carbocycles. The summed E-state index contributed by atoms with van der Waals surface area (Å²) in [6, 6.07) is 15.1. The highest BCUT2D eigenvalue weighted by Crippen LogP contribution is 2.25. The Labute approximate surface area is 147 Å². The first kappa shape index (κ1) is 17.9. The Hall–Kier alpha value is -2.47. The standard InChI is InChI=1S/C18H22N2O3S/c1-13(12-23-17-7-5-4-6-16(17)22-3)19-18(24)20-14-8-10-15(21-2)11-9-14/h4-11,13H,12H2,1-3H3,(H2,19,20,24)/t13-/m0/s1. The van der Waals surface area contributed by atoms with Crippen LogP contribution < -0.4 is 24.8 Å². The van der Waals surface area contributed by atoms with Crippen LogP contribution in [-0.4, -0.2) is 32.0 Å². The van der Waals surface area contributed by atoms with E-state index in [1.54, 1.807) is 14.2 Å². The third-order valence-electron chi connectivity index (χ3n) is 3.28. The molecular weight excluding hydrogens is 324 g/mol. The summed E-state index contributed by atoms with van der Waals surface area (Å²) >= 11 is 5.32. The number of para-hydroxylation sites is 2. The number of anilines is 1. The van der Waals surface area contributed by atoms with Crippen molar-refractivity contribution < 1.29 is 14.2 Å². The lowest BCUT2D eigenvalue weighted by atomic mass is 10.3. The molecule has 2 rings (SSSR count). The van der Waals surface area contributed by atoms with Crippen LogP contribution in [0.2, 0.25) is 0 Å². The van der Waals surface area contributed by atoms with Gasteiger partial charge in [0.15, 0.2) is 16.6 Å². The minimum atomic E-state index is 0.0353. The topological polar surface area (TPSA) is 51.8 Å². The lowest BCUT2D eigenvalue weighted by Gasteiger charge is -2.18. The van der Waals surface area contributed by atoms with Gasteiger partial charge in [0.25, 0.3) is 0 Å². The largest absolute Gasteiger partial charge is 0.497 e. The molecule has 5 nitrogen and oxygen atoms in total. The zero-order valence-electron chi connectivity index (χ0n) is 14.0. The van der Waals surface area contributed by atoms with E-state index in [0.29, 0.717) is 23.2 Å². The van der Waals surface area contributed by atoms with Crippen LogP contribution in [0.4, 0.5) is 5.69 Å². The molecule has 0 aliphatic carbocycles. The van der Waals surface area contributed by atoms with E-state index in [0.717, 1.165) is 11.4 Å². The van der Waals surface area contributed by atoms with Gasteiger partial charge in [0.2, 0.25) is 0 Å². The van der Waals surface area contributed by atoms with Crippen molar-refractivity contribution in [3.05, 3.63) is 48.5 Å². The molecule has 128 valence electrons. The fourth-order valence-electron chi connectivity index (χ4n) is 2.06. The Morgan fingerprint density at radius 1 is 1.00 bits per heavy atom. The molecule has 0 aliphatic rings. The summed E-state index contributed by atoms with van der Waals surface area (Å²) in [6.07, 6.45) is 0. The number of hydrogen-bond acceptors (Lipinski definition) is 4. The van der Waals surface area contributed by atoms with Crippen molar-refractivity contribution in [3.63, 3.8) is 0 Å². The lowest BCUT2D eigenvalue weighted by molar-refractivity contribution is 0.270. The van der Waals surface area contributed by atoms with E-state index in [1.165, 1.54) is 0 Å². The molecule has 0 amide bonds. The van der Waals surface area contributed by atoms with Crippen LogP contribution in [0.5, 0.6) is 17.2 Å². The van der Waals surface area contributed by atoms with E-state index in [2.05, 4.69) is 10.6 Å². The Bertz CT molecular complexity index is 662. The first-order valence-corrected chi connectivity index (χ1v) is 8.00. The monoisotopic (exact) mass is 346 g/mol. The van der Waals surface area contributed by atoms with Crippen LogP contribution in [0.1, 0.15) is 6.92 Å². The van der Waals surface area contributed by atoms with Gasteiger partial charge in [-0.25, -0.2) is 0 Å². The molecule has 0 fully saturated rings. The summed E-state index contributed by atoms with van der Waals surface area (Å²) in [5.74, 6) is 2.23. The molecule has 24 heavy (non-hydrogen) atoms. The first-order chi connectivity index (χ1) is 11.6. The second-order valence-corrected chi connectivity index (χ2v) is 5.60. The van der Waals surface area contributed by atoms with E-state index in [-0.39, 0.29) is 6.04 Å². The fourth-order valence-corrected chi connectivity index (χ4v) is 2.38. The van der Waals surface area contributed by atoms with Crippen LogP contribution in [0.25, 0.3) is 0 Å². The van der Waals surface area contributed by atoms with Gasteiger partial charge in [0, 0.05) is 5.69 Å². The van der Waals surface area contributed by atoms with Crippen molar-refractivity contribution in [3.8, 4) is 17.2 Å². The van der Waals surface area contributed by atoms with Gasteiger partial charge in [-0.05, 0) is 55.5 Å². The van der Waals surface area contributed by atoms with Gasteiger partial charge in [-0.15, -0.1) is 0 Å². The molecule has 0 spiro atoms. The summed E-state index contributed by atoms with van der Waals surface area (Å²) in [4.78, 5) is 0. The van der Waals surface area contributed by atoms with E-state index in [1.807, 2.05) is 55.5 Å². The van der Waals surface area contributed by atoms with Crippen molar-refractivity contribution >= 4 is 23.0 Å². The van der Waals surface area contributed by atoms with Gasteiger partial charge in [0.1, 0.15) is 12.4 Å². The molecule has 0 radical (unpaired) electrons. The van der Waals surface area contributed by atoms with Crippen LogP contribution in [0.15, 0.2) is 48.5 Å². The Balaban J connectivity index is 1.80. The molecular formula is C18H22N2O3S. The first-order valence-electron chi connectivity index (χ1n) is 7.59. The quantitative estimate of drug-likeness (QED) is 0.749. The normalized spacial score (nSPS) is 11.3. The maximum Gasteiger partial charge on any atom is 0.171 e. The molecule has 1 atom stereocenters. The van der Waals surface area contributed by atoms with Crippen molar-refractivity contribution in [2.24, 2.45) is 0 Å². The maximum absolute atomic E-state index is 5.78. The predicted molar refractivity (Wildman–Crippen MR) is 100 cm³/mol. The molecule has 0 aliphatic heterocycles. The highest BCUT2D eigenvalue weighted by atomic mass is 32.1. The van der Waals surface area contributed by atoms with Crippen molar-refractivity contribution in [1.82, 2.24) is 5.32 Å². The summed E-state index contributed by atoms with van der Waals surface area (Å²) in [5, 5.41) is 6.86. The SMILES string of the molecule is COc1ccc(NC(=S)N[C@@H](C)COc2ccccc2OC)cc1. The summed E-state index contributed by atoms with van der Waals surface area (Å²) in [5.41, 5.74) is 0.895. The Kier molecular flexibility index (Phi) is 6.69. The van der Waals surface area contributed by atoms with Crippen LogP contribution in [-0.2, 0) is 0 Å². The number of hydrogen-bond donors (Lipinski definition) is 2. The minimum absolute atomic E-state index is 0.0353. The van der Waals surface area contributed by atoms with E-state index >= 15 is 0 Å². The van der Waals surface area contributed by atoms with Crippen LogP contribution in [0.3, 0.4) is 0 Å². The van der Waals surface area contributed by atoms with Gasteiger partial charge in [-0.3, -0.25) is 0 Å². The summed E-state index contributed by atoms with van der Waals surface area (Å²) in [6.45, 7) is 2.46. The zero-order valence-corrected chi connectivity index (χ0v) is 14.9. The maximum atomic E-state index is 5.78. The molecule has 0 heterocycles. The number of thiocarbonyl (C=S) groups is 1. The summed E-state index contributed by atoms with van der Waals surface area (Å²) < 4.78 is 16.2. The molecule has 2 N–H and O–H groups in total. The molecule has 2 aromatic rings. The van der Waals surface area contributed by atoms with Gasteiger partial charge < -0.3 is 24.8 Å². The van der Waals surface area contributed by atoms with Crippen LogP contribution >= 0.6 is 12.2 Å². The Morgan fingerprint density at radius 3 is 2.29 bits per heavy atom. The van der Waals surface area contributed by atoms with Gasteiger partial charge in [-0.2, -0.15) is 0 Å². The number of nitrogens with one attached hydrogen (secondary N) is 2. The van der Waals surface area contributed by atoms with Gasteiger partial charge in [-0.1, -0.05) is 12.1 Å². The third-order valence-corrected chi connectivity index (χ3v) is 3.50. The van der Waals surface area contributed by atoms with Gasteiger partial charge >= 0.3 is 0 Å². The second-order valence-electron chi connectivity index (χ2n) is 5.19. The molecule has 0 aromatic heterocycles. The number of methoxy groups -OCH3 is 2. The number of ether oxygens (including phenoxy) is 3. The average molecular weight is 346 g/mol. The number of benzene rings is 2. The fraction of sp³-hybridized carbons (Fsp3) is 0.278. The Morgan fingerprint density at radius 2 is 1.67 bits per heavy atom. The lowest BCUT2D eigenvalue weighted by Crippen LogP contribution is -2.39. The van der Waals surface area contributed by atoms with E-state index < -0.39 is 0 Å². The highest BCUT2D eigenvalue weighted by molar-refractivity contribution is 7.80. The van der Waals surface area contributed by atoms with Gasteiger partial charge in [0.05, 0.1) is 20.3 Å². The zero-order chi connectivity index (χ0) is 17.4. The third kappa shape index (κ3) is 5.31. The molecule has 0 unspecified atom stereocenters. The second kappa shape index (κ2) is 8.98. The molecule has 6 heteroatoms. The molecule has 0 bridgehead atoms. The van der Waals surface area contributed by atoms with E-state index in [4.69, 9.17) is 26.4 Å². The average Bonchev–Trinajstić information content (AvgIpc) is 2.60. The van der Waals surface area contributed by atoms with E-state index in [9.17, 15) is 0 Å². The number of rotatable bonds is 7. The predicted octanol–water partition coefficient (Wildman–Crippen LogP) is 3.46. The smallest absolute Gasteiger partial charge is 0.171 e.